The summed E-state index contributed by atoms with van der Waals surface area (Å²) in [5, 5.41) is 0. The number of carbonyl (C=O) groups is 2. The lowest BCUT2D eigenvalue weighted by Gasteiger charge is -2.01. The number of Topliss-reactive ketones (excluding diaryl/α,β-unsaturated/α-hetero) is 2. The SMILES string of the molecule is O=C(C(=O)c1ccc(-c2ccccc2)c2c1O2)c1ccc(-c2ccccc2)c2c1O2. The zero-order valence-corrected chi connectivity index (χ0v) is 15.7. The van der Waals surface area contributed by atoms with Crippen molar-refractivity contribution in [2.24, 2.45) is 0 Å². The van der Waals surface area contributed by atoms with Crippen LogP contribution in [-0.2, 0) is 0 Å². The summed E-state index contributed by atoms with van der Waals surface area (Å²) in [6.07, 6.45) is 0. The van der Waals surface area contributed by atoms with Crippen LogP contribution in [0.4, 0.5) is 0 Å². The average molecular weight is 390 g/mol. The Hall–Kier alpha value is -4.18. The molecular formula is C26H14O4. The molecule has 0 bridgehead atoms. The summed E-state index contributed by atoms with van der Waals surface area (Å²) in [6, 6.07) is 26.5. The van der Waals surface area contributed by atoms with E-state index in [4.69, 9.17) is 9.47 Å². The lowest BCUT2D eigenvalue weighted by atomic mass is 9.97. The van der Waals surface area contributed by atoms with Crippen LogP contribution in [0.25, 0.3) is 22.3 Å². The van der Waals surface area contributed by atoms with Crippen LogP contribution in [0.15, 0.2) is 84.9 Å². The molecule has 0 amide bonds. The predicted molar refractivity (Wildman–Crippen MR) is 113 cm³/mol. The molecule has 4 heteroatoms. The average Bonchev–Trinajstić information content (AvgIpc) is 3.71. The molecule has 0 aromatic heterocycles. The second-order valence-electron chi connectivity index (χ2n) is 7.23. The number of rotatable bonds is 5. The van der Waals surface area contributed by atoms with Crippen LogP contribution in [0.5, 0.6) is 23.0 Å². The van der Waals surface area contributed by atoms with Crippen LogP contribution in [0.1, 0.15) is 20.7 Å². The van der Waals surface area contributed by atoms with Crippen LogP contribution >= 0.6 is 0 Å². The number of ether oxygens (including phenoxy) is 2. The first kappa shape index (κ1) is 16.7. The molecule has 0 spiro atoms. The van der Waals surface area contributed by atoms with Gasteiger partial charge in [-0.05, 0) is 35.4 Å². The molecule has 4 aromatic rings. The molecule has 6 rings (SSSR count). The molecule has 2 heterocycles. The summed E-state index contributed by atoms with van der Waals surface area (Å²) in [6.45, 7) is 0. The standard InChI is InChI=1S/C26H14O4/c27-21(19-13-11-17(23-25(19)29-23)15-7-3-1-4-8-15)22(28)20-14-12-18(24-26(20)30-24)16-9-5-2-6-10-16/h1-14H. The van der Waals surface area contributed by atoms with Crippen molar-refractivity contribution in [2.75, 3.05) is 0 Å². The first-order valence-electron chi connectivity index (χ1n) is 9.62. The van der Waals surface area contributed by atoms with E-state index in [1.165, 1.54) is 0 Å². The molecule has 0 aliphatic carbocycles. The Kier molecular flexibility index (Phi) is 3.44. The fraction of sp³-hybridized carbons (Fsp3) is 0. The van der Waals surface area contributed by atoms with Crippen LogP contribution in [-0.4, -0.2) is 11.6 Å². The van der Waals surface area contributed by atoms with Gasteiger partial charge < -0.3 is 9.47 Å². The van der Waals surface area contributed by atoms with E-state index in [9.17, 15) is 9.59 Å². The minimum atomic E-state index is -0.589. The third-order valence-electron chi connectivity index (χ3n) is 5.41. The highest BCUT2D eigenvalue weighted by molar-refractivity contribution is 6.50. The topological polar surface area (TPSA) is 59.2 Å². The molecule has 2 aliphatic heterocycles. The molecule has 142 valence electrons. The first-order chi connectivity index (χ1) is 14.7. The van der Waals surface area contributed by atoms with Gasteiger partial charge in [0.15, 0.2) is 23.0 Å². The number of fused-ring (bicyclic) bond motifs is 2. The molecule has 0 radical (unpaired) electrons. The molecule has 30 heavy (non-hydrogen) atoms. The Balaban J connectivity index is 1.31. The molecule has 0 unspecified atom stereocenters. The van der Waals surface area contributed by atoms with E-state index >= 15 is 0 Å². The summed E-state index contributed by atoms with van der Waals surface area (Å²) in [7, 11) is 0. The van der Waals surface area contributed by atoms with Crippen molar-refractivity contribution in [2.45, 2.75) is 0 Å². The van der Waals surface area contributed by atoms with Crippen LogP contribution in [0.3, 0.4) is 0 Å². The van der Waals surface area contributed by atoms with Gasteiger partial charge in [-0.2, -0.15) is 0 Å². The Labute approximate surface area is 172 Å². The zero-order valence-electron chi connectivity index (χ0n) is 15.7. The van der Waals surface area contributed by atoms with Crippen molar-refractivity contribution in [3.05, 3.63) is 96.1 Å². The van der Waals surface area contributed by atoms with Crippen molar-refractivity contribution in [1.82, 2.24) is 0 Å². The smallest absolute Gasteiger partial charge is 0.237 e. The Morgan fingerprint density at radius 2 is 0.867 bits per heavy atom. The highest BCUT2D eigenvalue weighted by Crippen LogP contribution is 2.56. The Bertz CT molecular complexity index is 1250. The molecule has 0 fully saturated rings. The maximum atomic E-state index is 12.9. The molecule has 4 nitrogen and oxygen atoms in total. The van der Waals surface area contributed by atoms with Gasteiger partial charge in [-0.1, -0.05) is 60.7 Å². The zero-order chi connectivity index (χ0) is 20.2. The van der Waals surface area contributed by atoms with Gasteiger partial charge in [-0.15, -0.1) is 0 Å². The van der Waals surface area contributed by atoms with Crippen LogP contribution < -0.4 is 9.47 Å². The second kappa shape index (κ2) is 6.16. The monoisotopic (exact) mass is 390 g/mol. The summed E-state index contributed by atoms with van der Waals surface area (Å²) in [5.41, 5.74) is 4.42. The lowest BCUT2D eigenvalue weighted by molar-refractivity contribution is 0.0816. The van der Waals surface area contributed by atoms with Gasteiger partial charge in [0, 0.05) is 11.1 Å². The molecule has 0 atom stereocenters. The van der Waals surface area contributed by atoms with E-state index in [0.717, 1.165) is 22.3 Å². The van der Waals surface area contributed by atoms with E-state index in [1.807, 2.05) is 72.8 Å². The largest absolute Gasteiger partial charge is 0.448 e. The maximum Gasteiger partial charge on any atom is 0.237 e. The van der Waals surface area contributed by atoms with Crippen LogP contribution in [0, 0.1) is 0 Å². The minimum Gasteiger partial charge on any atom is -0.448 e. The van der Waals surface area contributed by atoms with E-state index in [0.29, 0.717) is 23.0 Å². The van der Waals surface area contributed by atoms with Crippen molar-refractivity contribution in [3.8, 4) is 45.3 Å². The quantitative estimate of drug-likeness (QED) is 0.197. The summed E-state index contributed by atoms with van der Waals surface area (Å²) in [5.74, 6) is 1.11. The van der Waals surface area contributed by atoms with Gasteiger partial charge in [0.25, 0.3) is 0 Å². The van der Waals surface area contributed by atoms with Gasteiger partial charge in [0.2, 0.25) is 11.6 Å². The number of ketones is 2. The van der Waals surface area contributed by atoms with E-state index in [-0.39, 0.29) is 11.1 Å². The predicted octanol–water partition coefficient (Wildman–Crippen LogP) is 6.30. The third kappa shape index (κ3) is 2.54. The highest BCUT2D eigenvalue weighted by Gasteiger charge is 2.38. The fourth-order valence-corrected chi connectivity index (χ4v) is 3.79. The highest BCUT2D eigenvalue weighted by atomic mass is 16.6. The molecule has 0 saturated heterocycles. The fourth-order valence-electron chi connectivity index (χ4n) is 3.79. The third-order valence-corrected chi connectivity index (χ3v) is 5.41. The maximum absolute atomic E-state index is 12.9. The van der Waals surface area contributed by atoms with Crippen molar-refractivity contribution < 1.29 is 19.1 Å². The summed E-state index contributed by atoms with van der Waals surface area (Å²) < 4.78 is 11.2. The van der Waals surface area contributed by atoms with Crippen molar-refractivity contribution >= 4 is 11.6 Å². The van der Waals surface area contributed by atoms with E-state index < -0.39 is 11.6 Å². The normalized spacial score (nSPS) is 12.1. The van der Waals surface area contributed by atoms with Gasteiger partial charge in [0.05, 0.1) is 11.1 Å². The Morgan fingerprint density at radius 3 is 1.27 bits per heavy atom. The molecule has 4 aromatic carbocycles. The molecule has 2 aliphatic rings. The van der Waals surface area contributed by atoms with Gasteiger partial charge in [-0.3, -0.25) is 9.59 Å². The first-order valence-corrected chi connectivity index (χ1v) is 9.62. The number of benzene rings is 4. The Morgan fingerprint density at radius 1 is 0.467 bits per heavy atom. The second-order valence-corrected chi connectivity index (χ2v) is 7.23. The minimum absolute atomic E-state index is 0.288. The van der Waals surface area contributed by atoms with Gasteiger partial charge in [-0.25, -0.2) is 0 Å². The van der Waals surface area contributed by atoms with Gasteiger partial charge >= 0.3 is 0 Å². The molecular weight excluding hydrogens is 376 g/mol. The summed E-state index contributed by atoms with van der Waals surface area (Å²) >= 11 is 0. The number of hydrogen-bond acceptors (Lipinski definition) is 4. The van der Waals surface area contributed by atoms with E-state index in [2.05, 4.69) is 0 Å². The van der Waals surface area contributed by atoms with Gasteiger partial charge in [0.1, 0.15) is 0 Å². The molecule has 0 saturated carbocycles. The lowest BCUT2D eigenvalue weighted by Crippen LogP contribution is -2.13. The van der Waals surface area contributed by atoms with Crippen molar-refractivity contribution in [3.63, 3.8) is 0 Å². The summed E-state index contributed by atoms with van der Waals surface area (Å²) in [4.78, 5) is 25.8. The number of carbonyl (C=O) groups excluding carboxylic acids is 2. The van der Waals surface area contributed by atoms with Crippen molar-refractivity contribution in [1.29, 1.82) is 0 Å². The molecule has 0 N–H and O–H groups in total. The number of hydrogen-bond donors (Lipinski definition) is 0. The van der Waals surface area contributed by atoms with Crippen LogP contribution in [0.2, 0.25) is 0 Å². The van der Waals surface area contributed by atoms with E-state index in [1.54, 1.807) is 12.1 Å².